The second kappa shape index (κ2) is 25.5. The Morgan fingerprint density at radius 1 is 0.630 bits per heavy atom. The topological polar surface area (TPSA) is 9.23 Å². The van der Waals surface area contributed by atoms with Crippen LogP contribution in [0.2, 0.25) is 0 Å². The quantitative estimate of drug-likeness (QED) is 0.150. The van der Waals surface area contributed by atoms with Gasteiger partial charge in [0.05, 0.1) is 12.4 Å². The van der Waals surface area contributed by atoms with Gasteiger partial charge in [-0.2, -0.15) is 0 Å². The average molecular weight is 383 g/mol. The molecule has 1 heteroatoms. The molecule has 0 saturated heterocycles. The molecule has 0 fully saturated rings. The third kappa shape index (κ3) is 23.5. The Labute approximate surface area is 173 Å². The van der Waals surface area contributed by atoms with Crippen LogP contribution >= 0.6 is 0 Å². The molecule has 0 aliphatic heterocycles. The van der Waals surface area contributed by atoms with E-state index in [0.717, 1.165) is 24.7 Å². The third-order valence-electron chi connectivity index (χ3n) is 5.32. The number of unbranched alkanes of at least 4 members (excludes halogenated alkanes) is 10. The summed E-state index contributed by atoms with van der Waals surface area (Å²) in [6.07, 6.45) is 22.9. The highest BCUT2D eigenvalue weighted by atomic mass is 16.5. The van der Waals surface area contributed by atoms with Crippen LogP contribution in [0, 0.1) is 5.92 Å². The second-order valence-corrected chi connectivity index (χ2v) is 7.90. The Balaban J connectivity index is 0. The van der Waals surface area contributed by atoms with Gasteiger partial charge in [-0.1, -0.05) is 131 Å². The number of ether oxygens (including phenoxy) is 1. The first-order valence-electron chi connectivity index (χ1n) is 12.5. The summed E-state index contributed by atoms with van der Waals surface area (Å²) in [4.78, 5) is 0. The molecule has 0 aromatic heterocycles. The normalized spacial score (nSPS) is 11.6. The monoisotopic (exact) mass is 382 g/mol. The smallest absolute Gasteiger partial charge is 0.0888 e. The van der Waals surface area contributed by atoms with Crippen molar-refractivity contribution in [3.05, 3.63) is 12.3 Å². The first-order valence-corrected chi connectivity index (χ1v) is 12.5. The summed E-state index contributed by atoms with van der Waals surface area (Å²) in [5.41, 5.74) is 0. The standard InChI is InChI=1S/C24H48O.C2H6/c1-5-8-11-13-14-17-20-24(19-16-12-9-6-2)21-22-25-23(4)18-15-10-7-3;1-2/h24H,4-22H2,1-3H3;1-2H3. The largest absolute Gasteiger partial charge is 0.499 e. The summed E-state index contributed by atoms with van der Waals surface area (Å²) in [7, 11) is 0. The van der Waals surface area contributed by atoms with Crippen molar-refractivity contribution in [3.8, 4) is 0 Å². The zero-order valence-corrected chi connectivity index (χ0v) is 19.9. The summed E-state index contributed by atoms with van der Waals surface area (Å²) in [6.45, 7) is 15.8. The van der Waals surface area contributed by atoms with Crippen LogP contribution in [0.4, 0.5) is 0 Å². The molecule has 0 N–H and O–H groups in total. The molecule has 0 saturated carbocycles. The van der Waals surface area contributed by atoms with Gasteiger partial charge in [-0.3, -0.25) is 0 Å². The molecule has 0 spiro atoms. The maximum atomic E-state index is 5.91. The first kappa shape index (κ1) is 28.7. The molecule has 0 aromatic rings. The van der Waals surface area contributed by atoms with E-state index in [9.17, 15) is 0 Å². The van der Waals surface area contributed by atoms with Gasteiger partial charge >= 0.3 is 0 Å². The summed E-state index contributed by atoms with van der Waals surface area (Å²) in [6, 6.07) is 0. The lowest BCUT2D eigenvalue weighted by Gasteiger charge is -2.18. The van der Waals surface area contributed by atoms with Crippen molar-refractivity contribution in [2.75, 3.05) is 6.61 Å². The van der Waals surface area contributed by atoms with Gasteiger partial charge in [0.25, 0.3) is 0 Å². The first-order chi connectivity index (χ1) is 13.2. The Hall–Kier alpha value is -0.460. The molecular formula is C26H54O. The number of hydrogen-bond acceptors (Lipinski definition) is 1. The fourth-order valence-electron chi connectivity index (χ4n) is 3.52. The van der Waals surface area contributed by atoms with E-state index in [0.29, 0.717) is 0 Å². The third-order valence-corrected chi connectivity index (χ3v) is 5.32. The van der Waals surface area contributed by atoms with Crippen LogP contribution in [0.3, 0.4) is 0 Å². The number of hydrogen-bond donors (Lipinski definition) is 0. The van der Waals surface area contributed by atoms with Crippen molar-refractivity contribution >= 4 is 0 Å². The van der Waals surface area contributed by atoms with E-state index < -0.39 is 0 Å². The number of rotatable bonds is 20. The Morgan fingerprint density at radius 2 is 1.07 bits per heavy atom. The lowest BCUT2D eigenvalue weighted by atomic mass is 9.92. The highest BCUT2D eigenvalue weighted by Gasteiger charge is 2.09. The van der Waals surface area contributed by atoms with E-state index in [1.807, 2.05) is 13.8 Å². The zero-order chi connectivity index (χ0) is 20.6. The van der Waals surface area contributed by atoms with E-state index in [1.165, 1.54) is 103 Å². The van der Waals surface area contributed by atoms with Crippen molar-refractivity contribution in [1.82, 2.24) is 0 Å². The Morgan fingerprint density at radius 3 is 1.63 bits per heavy atom. The van der Waals surface area contributed by atoms with Gasteiger partial charge in [0.2, 0.25) is 0 Å². The molecule has 0 heterocycles. The zero-order valence-electron chi connectivity index (χ0n) is 19.9. The lowest BCUT2D eigenvalue weighted by molar-refractivity contribution is 0.174. The van der Waals surface area contributed by atoms with E-state index in [1.54, 1.807) is 0 Å². The van der Waals surface area contributed by atoms with Gasteiger partial charge in [-0.15, -0.1) is 0 Å². The molecule has 164 valence electrons. The molecular weight excluding hydrogens is 328 g/mol. The molecule has 1 nitrogen and oxygen atoms in total. The van der Waals surface area contributed by atoms with Gasteiger partial charge < -0.3 is 4.74 Å². The molecule has 1 unspecified atom stereocenters. The summed E-state index contributed by atoms with van der Waals surface area (Å²) in [5.74, 6) is 1.88. The summed E-state index contributed by atoms with van der Waals surface area (Å²) < 4.78 is 5.91. The summed E-state index contributed by atoms with van der Waals surface area (Å²) in [5, 5.41) is 0. The molecule has 27 heavy (non-hydrogen) atoms. The molecule has 0 bridgehead atoms. The van der Waals surface area contributed by atoms with Gasteiger partial charge in [-0.25, -0.2) is 0 Å². The van der Waals surface area contributed by atoms with Crippen molar-refractivity contribution in [2.45, 2.75) is 144 Å². The maximum Gasteiger partial charge on any atom is 0.0888 e. The van der Waals surface area contributed by atoms with Crippen LogP contribution in [0.1, 0.15) is 144 Å². The lowest BCUT2D eigenvalue weighted by Crippen LogP contribution is -2.06. The minimum Gasteiger partial charge on any atom is -0.499 e. The molecule has 0 amide bonds. The van der Waals surface area contributed by atoms with E-state index >= 15 is 0 Å². The van der Waals surface area contributed by atoms with Crippen molar-refractivity contribution in [2.24, 2.45) is 5.92 Å². The predicted molar refractivity (Wildman–Crippen MR) is 125 cm³/mol. The predicted octanol–water partition coefficient (Wildman–Crippen LogP) is 9.85. The van der Waals surface area contributed by atoms with Crippen LogP contribution in [0.25, 0.3) is 0 Å². The summed E-state index contributed by atoms with van der Waals surface area (Å²) >= 11 is 0. The fraction of sp³-hybridized carbons (Fsp3) is 0.923. The van der Waals surface area contributed by atoms with Crippen molar-refractivity contribution in [1.29, 1.82) is 0 Å². The minimum atomic E-state index is 0.867. The molecule has 0 aromatic carbocycles. The fourth-order valence-corrected chi connectivity index (χ4v) is 3.52. The van der Waals surface area contributed by atoms with Crippen molar-refractivity contribution < 1.29 is 4.74 Å². The van der Waals surface area contributed by atoms with Gasteiger partial charge in [0.15, 0.2) is 0 Å². The van der Waals surface area contributed by atoms with E-state index in [-0.39, 0.29) is 0 Å². The van der Waals surface area contributed by atoms with Crippen LogP contribution in [0.5, 0.6) is 0 Å². The van der Waals surface area contributed by atoms with Gasteiger partial charge in [0, 0.05) is 6.42 Å². The molecule has 1 atom stereocenters. The van der Waals surface area contributed by atoms with Gasteiger partial charge in [0.1, 0.15) is 0 Å². The van der Waals surface area contributed by atoms with E-state index in [4.69, 9.17) is 4.74 Å². The number of allylic oxidation sites excluding steroid dienone is 1. The Bertz CT molecular complexity index is 271. The van der Waals surface area contributed by atoms with Crippen molar-refractivity contribution in [3.63, 3.8) is 0 Å². The van der Waals surface area contributed by atoms with Crippen LogP contribution in [-0.4, -0.2) is 6.61 Å². The van der Waals surface area contributed by atoms with Crippen LogP contribution in [-0.2, 0) is 4.74 Å². The second-order valence-electron chi connectivity index (χ2n) is 7.90. The Kier molecular flexibility index (Phi) is 27.2. The molecule has 0 aliphatic rings. The highest BCUT2D eigenvalue weighted by Crippen LogP contribution is 2.22. The average Bonchev–Trinajstić information content (AvgIpc) is 2.69. The maximum absolute atomic E-state index is 5.91. The molecule has 0 rings (SSSR count). The SMILES string of the molecule is C=C(CCCCC)OCCC(CCCCCC)CCCCCCCC.CC. The molecule has 0 radical (unpaired) electrons. The van der Waals surface area contributed by atoms with Crippen LogP contribution < -0.4 is 0 Å². The van der Waals surface area contributed by atoms with E-state index in [2.05, 4.69) is 27.4 Å². The molecule has 0 aliphatic carbocycles. The van der Waals surface area contributed by atoms with Gasteiger partial charge in [-0.05, 0) is 18.8 Å². The highest BCUT2D eigenvalue weighted by molar-refractivity contribution is 4.81. The van der Waals surface area contributed by atoms with Crippen LogP contribution in [0.15, 0.2) is 12.3 Å². The minimum absolute atomic E-state index is 0.867.